The second kappa shape index (κ2) is 6.45. The van der Waals surface area contributed by atoms with Crippen LogP contribution in [0, 0.1) is 6.92 Å². The first-order chi connectivity index (χ1) is 12.0. The van der Waals surface area contributed by atoms with Gasteiger partial charge in [-0.15, -0.1) is 0 Å². The molecule has 1 aliphatic heterocycles. The Morgan fingerprint density at radius 2 is 2.15 bits per heavy atom. The molecule has 142 valence electrons. The van der Waals surface area contributed by atoms with Crippen molar-refractivity contribution in [1.29, 1.82) is 0 Å². The maximum atomic E-state index is 12.7. The van der Waals surface area contributed by atoms with Crippen LogP contribution in [0.1, 0.15) is 34.1 Å². The predicted octanol–water partition coefficient (Wildman–Crippen LogP) is 1.77. The third-order valence-electron chi connectivity index (χ3n) is 4.03. The topological polar surface area (TPSA) is 94.2 Å². The van der Waals surface area contributed by atoms with E-state index in [1.165, 1.54) is 19.1 Å². The van der Waals surface area contributed by atoms with Crippen LogP contribution in [-0.4, -0.2) is 41.7 Å². The van der Waals surface area contributed by atoms with Gasteiger partial charge in [0.25, 0.3) is 5.91 Å². The first-order valence-corrected chi connectivity index (χ1v) is 9.57. The molecule has 0 saturated carbocycles. The summed E-state index contributed by atoms with van der Waals surface area (Å²) < 4.78 is 67.4. The number of aryl methyl sites for hydroxylation is 1. The molecule has 2 aromatic heterocycles. The molecule has 1 saturated heterocycles. The number of rotatable bonds is 4. The molecule has 1 unspecified atom stereocenters. The van der Waals surface area contributed by atoms with Crippen molar-refractivity contribution in [1.82, 2.24) is 15.1 Å². The number of alkyl halides is 3. The lowest BCUT2D eigenvalue weighted by Crippen LogP contribution is -2.35. The molecule has 0 aliphatic carbocycles. The molecule has 11 heteroatoms. The molecule has 0 radical (unpaired) electrons. The molecular weight excluding hydrogens is 375 g/mol. The summed E-state index contributed by atoms with van der Waals surface area (Å²) in [5, 5.41) is 6.07. The quantitative estimate of drug-likeness (QED) is 0.857. The van der Waals surface area contributed by atoms with E-state index >= 15 is 0 Å². The van der Waals surface area contributed by atoms with Crippen LogP contribution in [0.15, 0.2) is 22.6 Å². The minimum atomic E-state index is -4.54. The minimum Gasteiger partial charge on any atom is -0.454 e. The lowest BCUT2D eigenvalue weighted by atomic mass is 10.2. The van der Waals surface area contributed by atoms with Gasteiger partial charge < -0.3 is 9.73 Å². The first kappa shape index (κ1) is 18.5. The van der Waals surface area contributed by atoms with E-state index < -0.39 is 33.7 Å². The zero-order chi connectivity index (χ0) is 19.1. The maximum absolute atomic E-state index is 12.7. The third kappa shape index (κ3) is 4.09. The number of hydrogen-bond donors (Lipinski definition) is 1. The summed E-state index contributed by atoms with van der Waals surface area (Å²) in [6.45, 7) is 1.42. The molecule has 0 bridgehead atoms. The number of amides is 1. The number of furan rings is 1. The predicted molar refractivity (Wildman–Crippen MR) is 84.3 cm³/mol. The average molecular weight is 391 g/mol. The van der Waals surface area contributed by atoms with Gasteiger partial charge in [0.1, 0.15) is 5.76 Å². The zero-order valence-electron chi connectivity index (χ0n) is 13.7. The van der Waals surface area contributed by atoms with Crippen molar-refractivity contribution < 1.29 is 30.8 Å². The summed E-state index contributed by atoms with van der Waals surface area (Å²) >= 11 is 0. The Balaban J connectivity index is 1.67. The highest BCUT2D eigenvalue weighted by molar-refractivity contribution is 7.91. The molecule has 26 heavy (non-hydrogen) atoms. The second-order valence-corrected chi connectivity index (χ2v) is 8.39. The average Bonchev–Trinajstić information content (AvgIpc) is 3.19. The van der Waals surface area contributed by atoms with Gasteiger partial charge in [0.05, 0.1) is 18.1 Å². The SMILES string of the molecule is Cc1cc(C(F)(F)F)nn1Cc1ccc(C(=O)NC2CCS(=O)(=O)C2)o1. The van der Waals surface area contributed by atoms with Crippen LogP contribution in [0.4, 0.5) is 13.2 Å². The fraction of sp³-hybridized carbons (Fsp3) is 0.467. The molecule has 1 N–H and O–H groups in total. The number of hydrogen-bond acceptors (Lipinski definition) is 5. The summed E-state index contributed by atoms with van der Waals surface area (Å²) in [5.41, 5.74) is -0.696. The Kier molecular flexibility index (Phi) is 4.59. The summed E-state index contributed by atoms with van der Waals surface area (Å²) in [6, 6.07) is 3.31. The standard InChI is InChI=1S/C15H16F3N3O4S/c1-9-6-13(15(16,17)18)20-21(9)7-11-2-3-12(25-11)14(22)19-10-4-5-26(23,24)8-10/h2-3,6,10H,4-5,7-8H2,1H3,(H,19,22). The normalized spacial score (nSPS) is 19.6. The van der Waals surface area contributed by atoms with Crippen molar-refractivity contribution in [2.75, 3.05) is 11.5 Å². The van der Waals surface area contributed by atoms with Crippen LogP contribution in [0.25, 0.3) is 0 Å². The number of halogens is 3. The Morgan fingerprint density at radius 1 is 1.42 bits per heavy atom. The number of nitrogens with zero attached hydrogens (tertiary/aromatic N) is 2. The van der Waals surface area contributed by atoms with Crippen molar-refractivity contribution in [3.8, 4) is 0 Å². The number of sulfone groups is 1. The van der Waals surface area contributed by atoms with Gasteiger partial charge in [0, 0.05) is 11.7 Å². The number of aromatic nitrogens is 2. The molecule has 1 atom stereocenters. The van der Waals surface area contributed by atoms with Crippen LogP contribution in [0.2, 0.25) is 0 Å². The minimum absolute atomic E-state index is 0.0292. The summed E-state index contributed by atoms with van der Waals surface area (Å²) in [7, 11) is -3.12. The molecule has 3 heterocycles. The van der Waals surface area contributed by atoms with Gasteiger partial charge in [-0.2, -0.15) is 18.3 Å². The lowest BCUT2D eigenvalue weighted by Gasteiger charge is -2.08. The molecule has 0 aromatic carbocycles. The Labute approximate surface area is 147 Å². The van der Waals surface area contributed by atoms with Crippen molar-refractivity contribution >= 4 is 15.7 Å². The van der Waals surface area contributed by atoms with Gasteiger partial charge >= 0.3 is 6.18 Å². The summed E-state index contributed by atoms with van der Waals surface area (Å²) in [4.78, 5) is 12.1. The van der Waals surface area contributed by atoms with Crippen molar-refractivity contribution in [3.05, 3.63) is 41.1 Å². The van der Waals surface area contributed by atoms with E-state index in [-0.39, 0.29) is 29.6 Å². The molecule has 3 rings (SSSR count). The fourth-order valence-corrected chi connectivity index (χ4v) is 4.38. The Bertz CT molecular complexity index is 930. The highest BCUT2D eigenvalue weighted by atomic mass is 32.2. The Hall–Kier alpha value is -2.30. The molecule has 1 amide bonds. The van der Waals surface area contributed by atoms with Crippen LogP contribution < -0.4 is 5.32 Å². The van der Waals surface area contributed by atoms with E-state index in [0.29, 0.717) is 12.1 Å². The van der Waals surface area contributed by atoms with Gasteiger partial charge in [-0.3, -0.25) is 9.48 Å². The van der Waals surface area contributed by atoms with Crippen LogP contribution in [-0.2, 0) is 22.6 Å². The molecular formula is C15H16F3N3O4S. The second-order valence-electron chi connectivity index (χ2n) is 6.17. The van der Waals surface area contributed by atoms with E-state index in [1.54, 1.807) is 0 Å². The van der Waals surface area contributed by atoms with E-state index in [9.17, 15) is 26.4 Å². The molecule has 2 aromatic rings. The summed E-state index contributed by atoms with van der Waals surface area (Å²) in [6.07, 6.45) is -4.19. The molecule has 1 aliphatic rings. The van der Waals surface area contributed by atoms with Crippen molar-refractivity contribution in [2.24, 2.45) is 0 Å². The number of carbonyl (C=O) groups excluding carboxylic acids is 1. The van der Waals surface area contributed by atoms with E-state index in [4.69, 9.17) is 4.42 Å². The number of carbonyl (C=O) groups is 1. The molecule has 0 spiro atoms. The number of nitrogens with one attached hydrogen (secondary N) is 1. The lowest BCUT2D eigenvalue weighted by molar-refractivity contribution is -0.141. The van der Waals surface area contributed by atoms with Crippen molar-refractivity contribution in [3.63, 3.8) is 0 Å². The van der Waals surface area contributed by atoms with Gasteiger partial charge in [-0.05, 0) is 31.5 Å². The first-order valence-electron chi connectivity index (χ1n) is 7.75. The third-order valence-corrected chi connectivity index (χ3v) is 5.80. The zero-order valence-corrected chi connectivity index (χ0v) is 14.5. The van der Waals surface area contributed by atoms with Crippen molar-refractivity contribution in [2.45, 2.75) is 32.1 Å². The summed E-state index contributed by atoms with van der Waals surface area (Å²) in [5.74, 6) is -0.425. The highest BCUT2D eigenvalue weighted by Gasteiger charge is 2.34. The molecule has 7 nitrogen and oxygen atoms in total. The van der Waals surface area contributed by atoms with Crippen LogP contribution in [0.5, 0.6) is 0 Å². The van der Waals surface area contributed by atoms with E-state index in [1.807, 2.05) is 0 Å². The largest absolute Gasteiger partial charge is 0.454 e. The maximum Gasteiger partial charge on any atom is 0.435 e. The highest BCUT2D eigenvalue weighted by Crippen LogP contribution is 2.28. The van der Waals surface area contributed by atoms with E-state index in [2.05, 4.69) is 10.4 Å². The van der Waals surface area contributed by atoms with Gasteiger partial charge in [0.15, 0.2) is 21.3 Å². The smallest absolute Gasteiger partial charge is 0.435 e. The van der Waals surface area contributed by atoms with Gasteiger partial charge in [-0.25, -0.2) is 8.42 Å². The van der Waals surface area contributed by atoms with Gasteiger partial charge in [0.2, 0.25) is 0 Å². The Morgan fingerprint density at radius 3 is 2.73 bits per heavy atom. The fourth-order valence-electron chi connectivity index (χ4n) is 2.71. The van der Waals surface area contributed by atoms with Crippen LogP contribution in [0.3, 0.4) is 0 Å². The van der Waals surface area contributed by atoms with E-state index in [0.717, 1.165) is 10.7 Å². The monoisotopic (exact) mass is 391 g/mol. The molecule has 1 fully saturated rings. The van der Waals surface area contributed by atoms with Gasteiger partial charge in [-0.1, -0.05) is 0 Å². The van der Waals surface area contributed by atoms with Crippen LogP contribution >= 0.6 is 0 Å².